The lowest BCUT2D eigenvalue weighted by Crippen LogP contribution is -2.21. The summed E-state index contributed by atoms with van der Waals surface area (Å²) in [4.78, 5) is 16.1. The van der Waals surface area contributed by atoms with Crippen LogP contribution in [0.4, 0.5) is 0 Å². The highest BCUT2D eigenvalue weighted by atomic mass is 31.2. The molecular formula is C2H12N3O4P. The predicted molar refractivity (Wildman–Crippen MR) is 35.2 cm³/mol. The van der Waals surface area contributed by atoms with Crippen LogP contribution in [0.5, 0.6) is 0 Å². The molecule has 0 aromatic rings. The van der Waals surface area contributed by atoms with E-state index in [1.54, 1.807) is 0 Å². The van der Waals surface area contributed by atoms with Crippen LogP contribution in [0.25, 0.3) is 0 Å². The lowest BCUT2D eigenvalue weighted by atomic mass is 10.7. The Bertz CT molecular complexity index is 113. The third kappa shape index (κ3) is 10.9. The molecule has 0 heterocycles. The quantitative estimate of drug-likeness (QED) is 0.202. The number of hydroxylamine groups is 1. The van der Waals surface area contributed by atoms with Crippen LogP contribution in [0.2, 0.25) is 0 Å². The molecule has 0 aromatic heterocycles. The first-order chi connectivity index (χ1) is 4.06. The average molecular weight is 173 g/mol. The van der Waals surface area contributed by atoms with Gasteiger partial charge in [0, 0.05) is 13.1 Å². The molecule has 0 saturated heterocycles. The van der Waals surface area contributed by atoms with E-state index in [4.69, 9.17) is 15.5 Å². The number of rotatable bonds is 4. The molecule has 8 heteroatoms. The molecule has 7 nitrogen and oxygen atoms in total. The van der Waals surface area contributed by atoms with E-state index in [0.29, 0.717) is 0 Å². The van der Waals surface area contributed by atoms with Gasteiger partial charge in [-0.2, -0.15) is 10.1 Å². The van der Waals surface area contributed by atoms with Gasteiger partial charge in [-0.1, -0.05) is 0 Å². The zero-order chi connectivity index (χ0) is 7.33. The highest BCUT2D eigenvalue weighted by Gasteiger charge is 2.12. The Kier molecular flexibility index (Phi) is 7.27. The van der Waals surface area contributed by atoms with Crippen molar-refractivity contribution in [3.05, 3.63) is 0 Å². The van der Waals surface area contributed by atoms with Gasteiger partial charge in [-0.05, 0) is 0 Å². The molecule has 8 N–H and O–H groups in total. The van der Waals surface area contributed by atoms with Crippen LogP contribution in [0, 0.1) is 0 Å². The monoisotopic (exact) mass is 173 g/mol. The normalized spacial score (nSPS) is 10.7. The fourth-order valence-electron chi connectivity index (χ4n) is 0.189. The molecule has 0 rings (SSSR count). The summed E-state index contributed by atoms with van der Waals surface area (Å²) in [6.07, 6.45) is 0. The maximum atomic E-state index is 9.87. The molecule has 0 fully saturated rings. The van der Waals surface area contributed by atoms with E-state index in [0.717, 1.165) is 0 Å². The van der Waals surface area contributed by atoms with Crippen molar-refractivity contribution in [1.82, 2.24) is 11.6 Å². The van der Waals surface area contributed by atoms with E-state index in [-0.39, 0.29) is 19.2 Å². The maximum Gasteiger partial charge on any atom is 0.486 e. The van der Waals surface area contributed by atoms with Crippen molar-refractivity contribution in [3.8, 4) is 0 Å². The molecule has 0 aromatic carbocycles. The van der Waals surface area contributed by atoms with Gasteiger partial charge in [-0.3, -0.25) is 0 Å². The summed E-state index contributed by atoms with van der Waals surface area (Å²) < 4.78 is 13.7. The van der Waals surface area contributed by atoms with E-state index in [2.05, 4.69) is 4.62 Å². The molecule has 0 aliphatic rings. The van der Waals surface area contributed by atoms with Crippen LogP contribution in [0.1, 0.15) is 0 Å². The molecule has 0 unspecified atom stereocenters. The van der Waals surface area contributed by atoms with Crippen molar-refractivity contribution in [2.24, 2.45) is 5.73 Å². The lowest BCUT2D eigenvalue weighted by molar-refractivity contribution is 0.127. The zero-order valence-corrected chi connectivity index (χ0v) is 6.25. The highest BCUT2D eigenvalue weighted by Crippen LogP contribution is 2.33. The molecule has 0 saturated carbocycles. The van der Waals surface area contributed by atoms with Crippen LogP contribution in [0.3, 0.4) is 0 Å². The summed E-state index contributed by atoms with van der Waals surface area (Å²) >= 11 is 0. The van der Waals surface area contributed by atoms with Gasteiger partial charge in [-0.15, -0.1) is 0 Å². The molecule has 0 radical (unpaired) electrons. The Morgan fingerprint density at radius 2 is 2.10 bits per heavy atom. The van der Waals surface area contributed by atoms with E-state index < -0.39 is 7.82 Å². The smallest absolute Gasteiger partial charge is 0.344 e. The Morgan fingerprint density at radius 1 is 1.60 bits per heavy atom. The van der Waals surface area contributed by atoms with Crippen LogP contribution in [-0.2, 0) is 9.19 Å². The summed E-state index contributed by atoms with van der Waals surface area (Å²) in [5, 5.41) is 0. The van der Waals surface area contributed by atoms with Gasteiger partial charge in [0.25, 0.3) is 0 Å². The fourth-order valence-corrected chi connectivity index (χ4v) is 0.448. The molecule has 10 heavy (non-hydrogen) atoms. The first-order valence-corrected chi connectivity index (χ1v) is 3.76. The van der Waals surface area contributed by atoms with Gasteiger partial charge in [0.15, 0.2) is 0 Å². The Hall–Kier alpha value is -0.0100. The maximum absolute atomic E-state index is 9.87. The SMILES string of the molecule is N.NCCNOP(=O)(O)O. The van der Waals surface area contributed by atoms with Crippen LogP contribution >= 0.6 is 7.82 Å². The van der Waals surface area contributed by atoms with Crippen molar-refractivity contribution in [2.45, 2.75) is 0 Å². The van der Waals surface area contributed by atoms with E-state index in [9.17, 15) is 4.57 Å². The molecule has 0 aliphatic heterocycles. The summed E-state index contributed by atoms with van der Waals surface area (Å²) in [6.45, 7) is 0.477. The van der Waals surface area contributed by atoms with E-state index >= 15 is 0 Å². The number of hydrogen-bond donors (Lipinski definition) is 5. The summed E-state index contributed by atoms with van der Waals surface area (Å²) in [7, 11) is -4.36. The minimum atomic E-state index is -4.36. The van der Waals surface area contributed by atoms with Crippen molar-refractivity contribution in [1.29, 1.82) is 0 Å². The zero-order valence-electron chi connectivity index (χ0n) is 5.36. The van der Waals surface area contributed by atoms with Gasteiger partial charge in [0.05, 0.1) is 0 Å². The Morgan fingerprint density at radius 3 is 2.40 bits per heavy atom. The molecule has 0 spiro atoms. The summed E-state index contributed by atoms with van der Waals surface area (Å²) in [5.41, 5.74) is 6.95. The van der Waals surface area contributed by atoms with Gasteiger partial charge >= 0.3 is 7.82 Å². The van der Waals surface area contributed by atoms with Crippen molar-refractivity contribution in [3.63, 3.8) is 0 Å². The molecule has 64 valence electrons. The van der Waals surface area contributed by atoms with Crippen molar-refractivity contribution < 1.29 is 19.0 Å². The highest BCUT2D eigenvalue weighted by molar-refractivity contribution is 7.46. The fraction of sp³-hybridized carbons (Fsp3) is 1.00. The van der Waals surface area contributed by atoms with Gasteiger partial charge in [-0.25, -0.2) is 4.57 Å². The van der Waals surface area contributed by atoms with Crippen LogP contribution < -0.4 is 17.4 Å². The van der Waals surface area contributed by atoms with E-state index in [1.807, 2.05) is 5.48 Å². The van der Waals surface area contributed by atoms with Crippen LogP contribution in [-0.4, -0.2) is 22.9 Å². The number of phosphoric acid groups is 1. The molecule has 0 bridgehead atoms. The number of hydrogen-bond acceptors (Lipinski definition) is 5. The Labute approximate surface area is 58.3 Å². The first-order valence-electron chi connectivity index (χ1n) is 2.23. The van der Waals surface area contributed by atoms with Gasteiger partial charge in [0.1, 0.15) is 0 Å². The topological polar surface area (TPSA) is 140 Å². The summed E-state index contributed by atoms with van der Waals surface area (Å²) in [5.74, 6) is 0. The third-order valence-electron chi connectivity index (χ3n) is 0.430. The molecular weight excluding hydrogens is 161 g/mol. The predicted octanol–water partition coefficient (Wildman–Crippen LogP) is -1.28. The largest absolute Gasteiger partial charge is 0.486 e. The second-order valence-corrected chi connectivity index (χ2v) is 2.43. The number of nitrogens with one attached hydrogen (secondary N) is 1. The molecule has 0 amide bonds. The third-order valence-corrected chi connectivity index (χ3v) is 0.797. The minimum Gasteiger partial charge on any atom is -0.344 e. The average Bonchev–Trinajstić information content (AvgIpc) is 1.63. The van der Waals surface area contributed by atoms with Gasteiger partial charge < -0.3 is 21.7 Å². The molecule has 0 atom stereocenters. The lowest BCUT2D eigenvalue weighted by Gasteiger charge is -2.03. The first kappa shape index (κ1) is 12.6. The second-order valence-electron chi connectivity index (χ2n) is 1.26. The summed E-state index contributed by atoms with van der Waals surface area (Å²) in [6, 6.07) is 0. The van der Waals surface area contributed by atoms with Crippen LogP contribution in [0.15, 0.2) is 0 Å². The minimum absolute atomic E-state index is 0. The Balaban J connectivity index is 0. The van der Waals surface area contributed by atoms with Crippen molar-refractivity contribution >= 4 is 7.82 Å². The van der Waals surface area contributed by atoms with Crippen molar-refractivity contribution in [2.75, 3.05) is 13.1 Å². The van der Waals surface area contributed by atoms with E-state index in [1.165, 1.54) is 0 Å². The molecule has 0 aliphatic carbocycles. The standard InChI is InChI=1S/C2H9N2O4P.H3N/c3-1-2-4-8-9(5,6)7;/h4H,1-3H2,(H2,5,6,7);1H3. The van der Waals surface area contributed by atoms with Gasteiger partial charge in [0.2, 0.25) is 0 Å². The second kappa shape index (κ2) is 5.75. The number of nitrogens with two attached hydrogens (primary N) is 1.